The standard InChI is InChI=1S/C28H30N2O2/c1-32-28(31)24-10-6-7-21(19-24)20-29-15-17-30(18-16-29)27-25-11-4-2-8-22(25)13-14-23-9-3-5-12-26(23)27/h2-12,19,27H,13-18,20H2,1H3. The maximum absolute atomic E-state index is 11.9. The first kappa shape index (κ1) is 20.9. The number of benzene rings is 3. The highest BCUT2D eigenvalue weighted by Crippen LogP contribution is 2.37. The van der Waals surface area contributed by atoms with Gasteiger partial charge in [-0.3, -0.25) is 9.80 Å². The van der Waals surface area contributed by atoms with Crippen LogP contribution in [0.3, 0.4) is 0 Å². The summed E-state index contributed by atoms with van der Waals surface area (Å²) in [5.41, 5.74) is 7.68. The molecule has 1 saturated heterocycles. The molecule has 0 N–H and O–H groups in total. The van der Waals surface area contributed by atoms with E-state index in [2.05, 4.69) is 64.4 Å². The average Bonchev–Trinajstić information content (AvgIpc) is 3.01. The highest BCUT2D eigenvalue weighted by molar-refractivity contribution is 5.89. The van der Waals surface area contributed by atoms with E-state index in [-0.39, 0.29) is 5.97 Å². The van der Waals surface area contributed by atoms with Gasteiger partial charge in [0.05, 0.1) is 18.7 Å². The Morgan fingerprint density at radius 2 is 1.47 bits per heavy atom. The molecular weight excluding hydrogens is 396 g/mol. The van der Waals surface area contributed by atoms with E-state index >= 15 is 0 Å². The molecule has 4 nitrogen and oxygen atoms in total. The van der Waals surface area contributed by atoms with Gasteiger partial charge >= 0.3 is 5.97 Å². The number of carbonyl (C=O) groups is 1. The number of esters is 1. The minimum Gasteiger partial charge on any atom is -0.465 e. The van der Waals surface area contributed by atoms with Crippen molar-refractivity contribution in [1.29, 1.82) is 0 Å². The fourth-order valence-electron chi connectivity index (χ4n) is 5.24. The van der Waals surface area contributed by atoms with Crippen LogP contribution in [0.5, 0.6) is 0 Å². The number of carbonyl (C=O) groups excluding carboxylic acids is 1. The molecule has 1 aliphatic heterocycles. The molecule has 0 amide bonds. The zero-order valence-corrected chi connectivity index (χ0v) is 18.7. The number of aryl methyl sites for hydroxylation is 2. The second-order valence-corrected chi connectivity index (χ2v) is 8.80. The van der Waals surface area contributed by atoms with Crippen LogP contribution in [0.15, 0.2) is 72.8 Å². The van der Waals surface area contributed by atoms with Crippen molar-refractivity contribution >= 4 is 5.97 Å². The third-order valence-electron chi connectivity index (χ3n) is 6.89. The van der Waals surface area contributed by atoms with Gasteiger partial charge in [0, 0.05) is 32.7 Å². The molecule has 1 fully saturated rings. The molecule has 0 spiro atoms. The monoisotopic (exact) mass is 426 g/mol. The van der Waals surface area contributed by atoms with Crippen molar-refractivity contribution in [1.82, 2.24) is 9.80 Å². The van der Waals surface area contributed by atoms with Crippen LogP contribution in [-0.4, -0.2) is 49.1 Å². The normalized spacial score (nSPS) is 17.3. The Hall–Kier alpha value is -2.95. The number of methoxy groups -OCH3 is 1. The molecule has 1 heterocycles. The number of hydrogen-bond acceptors (Lipinski definition) is 4. The summed E-state index contributed by atoms with van der Waals surface area (Å²) in [6.45, 7) is 4.96. The molecule has 0 unspecified atom stereocenters. The molecule has 2 aliphatic rings. The lowest BCUT2D eigenvalue weighted by molar-refractivity contribution is 0.0600. The van der Waals surface area contributed by atoms with Gasteiger partial charge in [-0.1, -0.05) is 60.7 Å². The Bertz CT molecular complexity index is 1050. The maximum atomic E-state index is 11.9. The third kappa shape index (κ3) is 4.21. The van der Waals surface area contributed by atoms with Crippen LogP contribution in [0.4, 0.5) is 0 Å². The van der Waals surface area contributed by atoms with Crippen LogP contribution >= 0.6 is 0 Å². The Morgan fingerprint density at radius 3 is 2.09 bits per heavy atom. The highest BCUT2D eigenvalue weighted by atomic mass is 16.5. The molecule has 4 heteroatoms. The summed E-state index contributed by atoms with van der Waals surface area (Å²) in [6.07, 6.45) is 2.22. The van der Waals surface area contributed by atoms with Crippen molar-refractivity contribution in [3.63, 3.8) is 0 Å². The van der Waals surface area contributed by atoms with Gasteiger partial charge in [-0.2, -0.15) is 0 Å². The van der Waals surface area contributed by atoms with Crippen LogP contribution in [-0.2, 0) is 24.1 Å². The fraction of sp³-hybridized carbons (Fsp3) is 0.321. The molecule has 1 aliphatic carbocycles. The van der Waals surface area contributed by atoms with E-state index in [4.69, 9.17) is 4.74 Å². The lowest BCUT2D eigenvalue weighted by Gasteiger charge is -2.40. The molecule has 0 saturated carbocycles. The van der Waals surface area contributed by atoms with Gasteiger partial charge < -0.3 is 4.74 Å². The summed E-state index contributed by atoms with van der Waals surface area (Å²) in [4.78, 5) is 17.0. The van der Waals surface area contributed by atoms with E-state index in [1.165, 1.54) is 29.4 Å². The summed E-state index contributed by atoms with van der Waals surface area (Å²) in [7, 11) is 1.43. The minimum atomic E-state index is -0.276. The number of nitrogens with zero attached hydrogens (tertiary/aromatic N) is 2. The van der Waals surface area contributed by atoms with E-state index in [0.717, 1.165) is 51.1 Å². The van der Waals surface area contributed by atoms with E-state index in [1.807, 2.05) is 18.2 Å². The van der Waals surface area contributed by atoms with Crippen molar-refractivity contribution in [3.05, 3.63) is 106 Å². The second-order valence-electron chi connectivity index (χ2n) is 8.80. The molecule has 3 aromatic carbocycles. The van der Waals surface area contributed by atoms with E-state index in [1.54, 1.807) is 0 Å². The molecule has 0 radical (unpaired) electrons. The van der Waals surface area contributed by atoms with Crippen LogP contribution in [0.2, 0.25) is 0 Å². The first-order valence-electron chi connectivity index (χ1n) is 11.5. The molecule has 0 aromatic heterocycles. The molecule has 5 rings (SSSR count). The third-order valence-corrected chi connectivity index (χ3v) is 6.89. The van der Waals surface area contributed by atoms with Gasteiger partial charge in [-0.05, 0) is 52.8 Å². The number of hydrogen-bond donors (Lipinski definition) is 0. The summed E-state index contributed by atoms with van der Waals surface area (Å²) >= 11 is 0. The van der Waals surface area contributed by atoms with Gasteiger partial charge in [0.15, 0.2) is 0 Å². The Kier molecular flexibility index (Phi) is 6.06. The minimum absolute atomic E-state index is 0.276. The topological polar surface area (TPSA) is 32.8 Å². The number of piperazine rings is 1. The zero-order valence-electron chi connectivity index (χ0n) is 18.7. The average molecular weight is 427 g/mol. The Balaban J connectivity index is 1.33. The quantitative estimate of drug-likeness (QED) is 0.576. The predicted octanol–water partition coefficient (Wildman–Crippen LogP) is 4.48. The molecule has 3 aromatic rings. The van der Waals surface area contributed by atoms with Crippen LogP contribution in [0, 0.1) is 0 Å². The maximum Gasteiger partial charge on any atom is 0.337 e. The fourth-order valence-corrected chi connectivity index (χ4v) is 5.24. The van der Waals surface area contributed by atoms with Gasteiger partial charge in [0.2, 0.25) is 0 Å². The molecule has 164 valence electrons. The van der Waals surface area contributed by atoms with Crippen molar-refractivity contribution in [2.75, 3.05) is 33.3 Å². The first-order chi connectivity index (χ1) is 15.7. The van der Waals surface area contributed by atoms with E-state index in [9.17, 15) is 4.79 Å². The Morgan fingerprint density at radius 1 is 0.844 bits per heavy atom. The van der Waals surface area contributed by atoms with Crippen LogP contribution in [0.25, 0.3) is 0 Å². The first-order valence-corrected chi connectivity index (χ1v) is 11.5. The molecule has 0 bridgehead atoms. The molecular formula is C28H30N2O2. The summed E-state index contributed by atoms with van der Waals surface area (Å²) in [6, 6.07) is 26.1. The number of ether oxygens (including phenoxy) is 1. The van der Waals surface area contributed by atoms with Crippen molar-refractivity contribution in [3.8, 4) is 0 Å². The van der Waals surface area contributed by atoms with E-state index < -0.39 is 0 Å². The number of fused-ring (bicyclic) bond motifs is 2. The largest absolute Gasteiger partial charge is 0.465 e. The highest BCUT2D eigenvalue weighted by Gasteiger charge is 2.30. The van der Waals surface area contributed by atoms with Crippen LogP contribution < -0.4 is 0 Å². The van der Waals surface area contributed by atoms with Crippen molar-refractivity contribution < 1.29 is 9.53 Å². The second kappa shape index (κ2) is 9.27. The Labute approximate surface area is 190 Å². The van der Waals surface area contributed by atoms with Gasteiger partial charge in [0.1, 0.15) is 0 Å². The molecule has 32 heavy (non-hydrogen) atoms. The summed E-state index contributed by atoms with van der Waals surface area (Å²) in [5.74, 6) is -0.276. The van der Waals surface area contributed by atoms with Crippen molar-refractivity contribution in [2.45, 2.75) is 25.4 Å². The SMILES string of the molecule is COC(=O)c1cccc(CN2CCN(C3c4ccccc4CCc4ccccc43)CC2)c1. The van der Waals surface area contributed by atoms with Gasteiger partial charge in [0.25, 0.3) is 0 Å². The van der Waals surface area contributed by atoms with E-state index in [0.29, 0.717) is 11.6 Å². The van der Waals surface area contributed by atoms with Crippen molar-refractivity contribution in [2.24, 2.45) is 0 Å². The predicted molar refractivity (Wildman–Crippen MR) is 127 cm³/mol. The lowest BCUT2D eigenvalue weighted by Crippen LogP contribution is -2.47. The smallest absolute Gasteiger partial charge is 0.337 e. The summed E-state index contributed by atoms with van der Waals surface area (Å²) < 4.78 is 4.87. The number of rotatable bonds is 4. The van der Waals surface area contributed by atoms with Gasteiger partial charge in [-0.25, -0.2) is 4.79 Å². The van der Waals surface area contributed by atoms with Crippen LogP contribution in [0.1, 0.15) is 44.2 Å². The van der Waals surface area contributed by atoms with Gasteiger partial charge in [-0.15, -0.1) is 0 Å². The lowest BCUT2D eigenvalue weighted by atomic mass is 9.92. The summed E-state index contributed by atoms with van der Waals surface area (Å²) in [5, 5.41) is 0. The molecule has 0 atom stereocenters. The zero-order chi connectivity index (χ0) is 21.9.